The average Bonchev–Trinajstić information content (AvgIpc) is 2.46. The Hall–Kier alpha value is -2.38. The Labute approximate surface area is 119 Å². The van der Waals surface area contributed by atoms with E-state index in [9.17, 15) is 13.2 Å². The van der Waals surface area contributed by atoms with E-state index in [2.05, 4.69) is 5.32 Å². The van der Waals surface area contributed by atoms with Crippen molar-refractivity contribution < 1.29 is 18.6 Å². The van der Waals surface area contributed by atoms with Gasteiger partial charge >= 0.3 is 6.18 Å². The van der Waals surface area contributed by atoms with Crippen LogP contribution in [-0.4, -0.2) is 5.84 Å². The molecule has 0 unspecified atom stereocenters. The van der Waals surface area contributed by atoms with Crippen molar-refractivity contribution in [1.29, 1.82) is 5.41 Å². The maximum absolute atomic E-state index is 12.5. The zero-order chi connectivity index (χ0) is 15.5. The first-order valence-electron chi connectivity index (χ1n) is 6.09. The summed E-state index contributed by atoms with van der Waals surface area (Å²) in [4.78, 5) is 0. The van der Waals surface area contributed by atoms with Crippen molar-refractivity contribution in [2.45, 2.75) is 6.18 Å². The molecule has 0 heterocycles. The Bertz CT molecular complexity index is 635. The summed E-state index contributed by atoms with van der Waals surface area (Å²) in [7, 11) is 0. The van der Waals surface area contributed by atoms with E-state index in [1.807, 2.05) is 0 Å². The number of nitrogens with one attached hydrogen (secondary N) is 2. The number of amidine groups is 1. The predicted molar refractivity (Wildman–Crippen MR) is 74.1 cm³/mol. The fraction of sp³-hybridized carbons (Fsp3) is 0.0714. The average molecular weight is 295 g/mol. The van der Waals surface area contributed by atoms with Crippen molar-refractivity contribution in [1.82, 2.24) is 0 Å². The van der Waals surface area contributed by atoms with Gasteiger partial charge < -0.3 is 5.32 Å². The first-order chi connectivity index (χ1) is 9.91. The minimum atomic E-state index is -4.35. The predicted octanol–water partition coefficient (Wildman–Crippen LogP) is 2.21. The van der Waals surface area contributed by atoms with Gasteiger partial charge in [0.15, 0.2) is 0 Å². The molecule has 7 heteroatoms. The van der Waals surface area contributed by atoms with Gasteiger partial charge in [-0.3, -0.25) is 0 Å². The van der Waals surface area contributed by atoms with Crippen molar-refractivity contribution in [2.75, 3.05) is 5.32 Å². The maximum Gasteiger partial charge on any atom is 0.416 e. The first-order valence-corrected chi connectivity index (χ1v) is 6.09. The van der Waals surface area contributed by atoms with Gasteiger partial charge in [0.1, 0.15) is 0 Å². The van der Waals surface area contributed by atoms with E-state index < -0.39 is 11.7 Å². The Morgan fingerprint density at radius 3 is 2.24 bits per heavy atom. The van der Waals surface area contributed by atoms with E-state index in [-0.39, 0.29) is 5.84 Å². The molecule has 21 heavy (non-hydrogen) atoms. The van der Waals surface area contributed by atoms with Gasteiger partial charge in [0.2, 0.25) is 5.84 Å². The number of nitrogen functional groups attached to an aromatic ring is 1. The molecule has 2 aromatic rings. The second-order valence-electron chi connectivity index (χ2n) is 4.33. The van der Waals surface area contributed by atoms with Crippen LogP contribution in [0.15, 0.2) is 48.5 Å². The Morgan fingerprint density at radius 1 is 1.05 bits per heavy atom. The van der Waals surface area contributed by atoms with Gasteiger partial charge in [-0.05, 0) is 36.4 Å². The largest absolute Gasteiger partial charge is 0.416 e. The van der Waals surface area contributed by atoms with Crippen LogP contribution in [0.1, 0.15) is 11.1 Å². The monoisotopic (exact) mass is 295 g/mol. The van der Waals surface area contributed by atoms with Crippen LogP contribution in [-0.2, 0) is 6.18 Å². The third-order valence-electron chi connectivity index (χ3n) is 2.88. The van der Waals surface area contributed by atoms with Crippen LogP contribution in [0.3, 0.4) is 0 Å². The molecule has 2 aromatic carbocycles. The smallest absolute Gasteiger partial charge is 0.355 e. The molecule has 0 aliphatic carbocycles. The summed E-state index contributed by atoms with van der Waals surface area (Å²) < 4.78 is 37.5. The fourth-order valence-electron chi connectivity index (χ4n) is 1.81. The normalized spacial score (nSPS) is 11.2. The molecule has 0 saturated heterocycles. The molecular formula is C14H14F3N4+. The van der Waals surface area contributed by atoms with Crippen LogP contribution in [0, 0.1) is 5.41 Å². The van der Waals surface area contributed by atoms with Crippen LogP contribution in [0.5, 0.6) is 0 Å². The van der Waals surface area contributed by atoms with Gasteiger partial charge in [0, 0.05) is 5.69 Å². The van der Waals surface area contributed by atoms with E-state index in [0.717, 1.165) is 17.6 Å². The van der Waals surface area contributed by atoms with E-state index in [0.29, 0.717) is 16.9 Å². The minimum absolute atomic E-state index is 0.130. The molecule has 0 bridgehead atoms. The highest BCUT2D eigenvalue weighted by atomic mass is 19.4. The van der Waals surface area contributed by atoms with Gasteiger partial charge in [0.25, 0.3) is 0 Å². The number of halogens is 3. The maximum atomic E-state index is 12.5. The number of benzene rings is 2. The summed E-state index contributed by atoms with van der Waals surface area (Å²) in [6, 6.07) is 11.6. The summed E-state index contributed by atoms with van der Waals surface area (Å²) in [6.45, 7) is 0. The zero-order valence-corrected chi connectivity index (χ0v) is 10.9. The van der Waals surface area contributed by atoms with Gasteiger partial charge in [-0.25, -0.2) is 10.8 Å². The minimum Gasteiger partial charge on any atom is -0.355 e. The van der Waals surface area contributed by atoms with E-state index in [4.69, 9.17) is 11.3 Å². The van der Waals surface area contributed by atoms with Crippen LogP contribution in [0.2, 0.25) is 0 Å². The highest BCUT2D eigenvalue weighted by Crippen LogP contribution is 2.30. The van der Waals surface area contributed by atoms with Crippen LogP contribution < -0.4 is 16.6 Å². The molecule has 2 rings (SSSR count). The number of anilines is 2. The van der Waals surface area contributed by atoms with Crippen molar-refractivity contribution in [2.24, 2.45) is 5.84 Å². The number of rotatable bonds is 3. The van der Waals surface area contributed by atoms with Crippen LogP contribution in [0.25, 0.3) is 0 Å². The fourth-order valence-corrected chi connectivity index (χ4v) is 1.81. The third kappa shape index (κ3) is 3.59. The summed E-state index contributed by atoms with van der Waals surface area (Å²) in [5.74, 6) is 5.46. The number of para-hydroxylation sites is 1. The lowest BCUT2D eigenvalue weighted by Crippen LogP contribution is -2.94. The van der Waals surface area contributed by atoms with E-state index in [1.54, 1.807) is 24.3 Å². The number of nitrogens with two attached hydrogens (primary N) is 2. The van der Waals surface area contributed by atoms with Crippen LogP contribution >= 0.6 is 0 Å². The first kappa shape index (κ1) is 15.0. The van der Waals surface area contributed by atoms with Crippen molar-refractivity contribution in [3.63, 3.8) is 0 Å². The summed E-state index contributed by atoms with van der Waals surface area (Å²) in [5, 5.41) is 10.7. The molecular weight excluding hydrogens is 281 g/mol. The van der Waals surface area contributed by atoms with Crippen molar-refractivity contribution in [3.05, 3.63) is 59.7 Å². The number of hydrogen-bond donors (Lipinski definition) is 4. The molecule has 4 nitrogen and oxygen atoms in total. The molecule has 0 spiro atoms. The second-order valence-corrected chi connectivity index (χ2v) is 4.33. The third-order valence-corrected chi connectivity index (χ3v) is 2.88. The summed E-state index contributed by atoms with van der Waals surface area (Å²) in [5.41, 5.74) is 2.13. The zero-order valence-electron chi connectivity index (χ0n) is 10.9. The molecule has 0 atom stereocenters. The molecule has 0 fully saturated rings. The van der Waals surface area contributed by atoms with Crippen molar-refractivity contribution >= 4 is 17.2 Å². The second kappa shape index (κ2) is 5.94. The van der Waals surface area contributed by atoms with Gasteiger partial charge in [0.05, 0.1) is 16.8 Å². The number of hydrogen-bond acceptors (Lipinski definition) is 3. The Morgan fingerprint density at radius 2 is 1.67 bits per heavy atom. The Balaban J connectivity index is 2.25. The lowest BCUT2D eigenvalue weighted by Gasteiger charge is -2.12. The molecule has 0 aromatic heterocycles. The molecule has 6 N–H and O–H groups in total. The Kier molecular flexibility index (Phi) is 4.25. The summed E-state index contributed by atoms with van der Waals surface area (Å²) in [6.07, 6.45) is -4.35. The molecule has 0 radical (unpaired) electrons. The molecule has 0 amide bonds. The summed E-state index contributed by atoms with van der Waals surface area (Å²) >= 11 is 0. The topological polar surface area (TPSA) is 78.5 Å². The van der Waals surface area contributed by atoms with E-state index in [1.165, 1.54) is 12.1 Å². The van der Waals surface area contributed by atoms with Gasteiger partial charge in [-0.1, -0.05) is 12.1 Å². The molecule has 0 aliphatic rings. The van der Waals surface area contributed by atoms with E-state index >= 15 is 0 Å². The highest BCUT2D eigenvalue weighted by Gasteiger charge is 2.29. The van der Waals surface area contributed by atoms with Crippen LogP contribution in [0.4, 0.5) is 24.5 Å². The number of quaternary nitrogens is 1. The molecule has 110 valence electrons. The SMILES string of the molecule is N=C([NH2+]N)c1ccccc1Nc1ccc(C(F)(F)F)cc1. The van der Waals surface area contributed by atoms with Gasteiger partial charge in [-0.2, -0.15) is 19.0 Å². The highest BCUT2D eigenvalue weighted by molar-refractivity contribution is 5.95. The number of alkyl halides is 3. The lowest BCUT2D eigenvalue weighted by atomic mass is 10.1. The molecule has 0 aliphatic heterocycles. The van der Waals surface area contributed by atoms with Gasteiger partial charge in [-0.15, -0.1) is 0 Å². The van der Waals surface area contributed by atoms with Crippen molar-refractivity contribution in [3.8, 4) is 0 Å². The lowest BCUT2D eigenvalue weighted by molar-refractivity contribution is -0.552. The molecule has 0 saturated carbocycles. The quantitative estimate of drug-likeness (QED) is 0.303. The standard InChI is InChI=1S/C14H13F3N4/c15-14(16,17)9-5-7-10(8-6-9)20-12-4-2-1-3-11(12)13(18)21-19/h1-8,20H,19H2,(H2,18,21)/p+1.